The Labute approximate surface area is 140 Å². The summed E-state index contributed by atoms with van der Waals surface area (Å²) in [5.41, 5.74) is 4.07. The number of benzene rings is 2. The minimum atomic E-state index is -0.389. The molecule has 24 heavy (non-hydrogen) atoms. The SMILES string of the molecule is Cc1ccc(NC(=O)c2nnc(CCc3ccccc3)o2)c(C)c1. The van der Waals surface area contributed by atoms with Crippen LogP contribution in [-0.2, 0) is 12.8 Å². The summed E-state index contributed by atoms with van der Waals surface area (Å²) in [5, 5.41) is 10.6. The molecule has 1 N–H and O–H groups in total. The summed E-state index contributed by atoms with van der Waals surface area (Å²) >= 11 is 0. The number of nitrogens with zero attached hydrogens (tertiary/aromatic N) is 2. The molecule has 0 saturated heterocycles. The molecule has 0 aliphatic heterocycles. The van der Waals surface area contributed by atoms with E-state index in [1.54, 1.807) is 0 Å². The number of rotatable bonds is 5. The molecule has 0 unspecified atom stereocenters. The molecule has 1 heterocycles. The van der Waals surface area contributed by atoms with Crippen LogP contribution in [0.1, 0.15) is 33.3 Å². The van der Waals surface area contributed by atoms with Crippen molar-refractivity contribution in [2.24, 2.45) is 0 Å². The van der Waals surface area contributed by atoms with E-state index in [4.69, 9.17) is 4.42 Å². The summed E-state index contributed by atoms with van der Waals surface area (Å²) < 4.78 is 5.47. The molecule has 0 fully saturated rings. The zero-order valence-electron chi connectivity index (χ0n) is 13.7. The van der Waals surface area contributed by atoms with E-state index in [2.05, 4.69) is 15.5 Å². The first kappa shape index (κ1) is 15.9. The van der Waals surface area contributed by atoms with E-state index in [-0.39, 0.29) is 11.8 Å². The molecular weight excluding hydrogens is 302 g/mol. The smallest absolute Gasteiger partial charge is 0.313 e. The van der Waals surface area contributed by atoms with Crippen LogP contribution in [0.15, 0.2) is 52.9 Å². The highest BCUT2D eigenvalue weighted by atomic mass is 16.4. The van der Waals surface area contributed by atoms with Crippen molar-refractivity contribution >= 4 is 11.6 Å². The third-order valence-electron chi connectivity index (χ3n) is 3.76. The summed E-state index contributed by atoms with van der Waals surface area (Å²) in [6.45, 7) is 3.96. The largest absolute Gasteiger partial charge is 0.417 e. The molecule has 1 amide bonds. The first-order valence-electron chi connectivity index (χ1n) is 7.87. The minimum Gasteiger partial charge on any atom is -0.417 e. The number of anilines is 1. The molecule has 122 valence electrons. The van der Waals surface area contributed by atoms with Crippen molar-refractivity contribution < 1.29 is 9.21 Å². The number of amides is 1. The second-order valence-electron chi connectivity index (χ2n) is 5.76. The molecule has 0 aliphatic rings. The van der Waals surface area contributed by atoms with E-state index >= 15 is 0 Å². The number of nitrogens with one attached hydrogen (secondary N) is 1. The van der Waals surface area contributed by atoms with Gasteiger partial charge in [-0.2, -0.15) is 0 Å². The highest BCUT2D eigenvalue weighted by Gasteiger charge is 2.15. The van der Waals surface area contributed by atoms with Gasteiger partial charge < -0.3 is 9.73 Å². The lowest BCUT2D eigenvalue weighted by molar-refractivity contribution is 0.0988. The second kappa shape index (κ2) is 7.08. The molecule has 0 atom stereocenters. The Morgan fingerprint density at radius 1 is 1.04 bits per heavy atom. The van der Waals surface area contributed by atoms with Crippen LogP contribution >= 0.6 is 0 Å². The van der Waals surface area contributed by atoms with Gasteiger partial charge in [0, 0.05) is 12.1 Å². The van der Waals surface area contributed by atoms with Gasteiger partial charge in [-0.25, -0.2) is 0 Å². The van der Waals surface area contributed by atoms with Crippen LogP contribution in [0.25, 0.3) is 0 Å². The van der Waals surface area contributed by atoms with E-state index in [9.17, 15) is 4.79 Å². The summed E-state index contributed by atoms with van der Waals surface area (Å²) in [7, 11) is 0. The van der Waals surface area contributed by atoms with Gasteiger partial charge in [0.1, 0.15) is 0 Å². The summed E-state index contributed by atoms with van der Waals surface area (Å²) in [5.74, 6) is 0.0584. The Balaban J connectivity index is 1.63. The number of hydrogen-bond acceptors (Lipinski definition) is 4. The van der Waals surface area contributed by atoms with E-state index in [1.807, 2.05) is 62.4 Å². The number of aryl methyl sites for hydroxylation is 4. The first-order chi connectivity index (χ1) is 11.6. The number of carbonyl (C=O) groups excluding carboxylic acids is 1. The lowest BCUT2D eigenvalue weighted by Crippen LogP contribution is -2.13. The fourth-order valence-electron chi connectivity index (χ4n) is 2.47. The van der Waals surface area contributed by atoms with Gasteiger partial charge in [-0.1, -0.05) is 48.0 Å². The maximum absolute atomic E-state index is 12.2. The van der Waals surface area contributed by atoms with Crippen LogP contribution in [-0.4, -0.2) is 16.1 Å². The molecule has 3 aromatic rings. The molecule has 5 heteroatoms. The average Bonchev–Trinajstić information content (AvgIpc) is 3.05. The Morgan fingerprint density at radius 2 is 1.83 bits per heavy atom. The number of hydrogen-bond donors (Lipinski definition) is 1. The van der Waals surface area contributed by atoms with E-state index in [1.165, 1.54) is 5.56 Å². The lowest BCUT2D eigenvalue weighted by atomic mass is 10.1. The first-order valence-corrected chi connectivity index (χ1v) is 7.87. The summed E-state index contributed by atoms with van der Waals surface area (Å²) in [4.78, 5) is 12.2. The highest BCUT2D eigenvalue weighted by Crippen LogP contribution is 2.17. The quantitative estimate of drug-likeness (QED) is 0.777. The number of carbonyl (C=O) groups is 1. The Bertz CT molecular complexity index is 841. The van der Waals surface area contributed by atoms with Gasteiger partial charge in [0.15, 0.2) is 0 Å². The van der Waals surface area contributed by atoms with Crippen LogP contribution in [0.2, 0.25) is 0 Å². The number of aromatic nitrogens is 2. The van der Waals surface area contributed by atoms with Gasteiger partial charge >= 0.3 is 11.8 Å². The molecule has 0 spiro atoms. The standard InChI is InChI=1S/C19H19N3O2/c1-13-8-10-16(14(2)12-13)20-18(23)19-22-21-17(24-19)11-9-15-6-4-3-5-7-15/h3-8,10,12H,9,11H2,1-2H3,(H,20,23). The highest BCUT2D eigenvalue weighted by molar-refractivity contribution is 6.01. The van der Waals surface area contributed by atoms with Gasteiger partial charge in [-0.15, -0.1) is 10.2 Å². The molecule has 0 saturated carbocycles. The predicted octanol–water partition coefficient (Wildman–Crippen LogP) is 3.72. The van der Waals surface area contributed by atoms with Crippen molar-refractivity contribution in [2.45, 2.75) is 26.7 Å². The Kier molecular flexibility index (Phi) is 4.70. The van der Waals surface area contributed by atoms with Crippen molar-refractivity contribution in [3.05, 3.63) is 77.0 Å². The monoisotopic (exact) mass is 321 g/mol. The fourth-order valence-corrected chi connectivity index (χ4v) is 2.47. The summed E-state index contributed by atoms with van der Waals surface area (Å²) in [6, 6.07) is 15.9. The van der Waals surface area contributed by atoms with Crippen molar-refractivity contribution in [3.63, 3.8) is 0 Å². The van der Waals surface area contributed by atoms with Crippen LogP contribution in [0, 0.1) is 13.8 Å². The zero-order chi connectivity index (χ0) is 16.9. The average molecular weight is 321 g/mol. The molecule has 0 aliphatic carbocycles. The van der Waals surface area contributed by atoms with E-state index in [0.717, 1.165) is 23.2 Å². The molecule has 3 rings (SSSR count). The Hall–Kier alpha value is -2.95. The van der Waals surface area contributed by atoms with Crippen molar-refractivity contribution in [3.8, 4) is 0 Å². The fraction of sp³-hybridized carbons (Fsp3) is 0.211. The molecule has 0 radical (unpaired) electrons. The van der Waals surface area contributed by atoms with E-state index < -0.39 is 0 Å². The van der Waals surface area contributed by atoms with Crippen LogP contribution in [0.3, 0.4) is 0 Å². The Morgan fingerprint density at radius 3 is 2.58 bits per heavy atom. The third kappa shape index (κ3) is 3.87. The zero-order valence-corrected chi connectivity index (χ0v) is 13.7. The van der Waals surface area contributed by atoms with Crippen molar-refractivity contribution in [1.29, 1.82) is 0 Å². The van der Waals surface area contributed by atoms with Gasteiger partial charge in [0.05, 0.1) is 0 Å². The van der Waals surface area contributed by atoms with Gasteiger partial charge in [0.2, 0.25) is 5.89 Å². The maximum atomic E-state index is 12.2. The topological polar surface area (TPSA) is 68.0 Å². The molecule has 5 nitrogen and oxygen atoms in total. The second-order valence-corrected chi connectivity index (χ2v) is 5.76. The van der Waals surface area contributed by atoms with Gasteiger partial charge in [-0.3, -0.25) is 4.79 Å². The van der Waals surface area contributed by atoms with Crippen LogP contribution in [0.4, 0.5) is 5.69 Å². The normalized spacial score (nSPS) is 10.6. The van der Waals surface area contributed by atoms with E-state index in [0.29, 0.717) is 12.3 Å². The third-order valence-corrected chi connectivity index (χ3v) is 3.76. The predicted molar refractivity (Wildman–Crippen MR) is 92.0 cm³/mol. The van der Waals surface area contributed by atoms with Gasteiger partial charge in [-0.05, 0) is 37.5 Å². The molecule has 0 bridgehead atoms. The molecule has 1 aromatic heterocycles. The lowest BCUT2D eigenvalue weighted by Gasteiger charge is -2.06. The molecule has 2 aromatic carbocycles. The van der Waals surface area contributed by atoms with Crippen molar-refractivity contribution in [2.75, 3.05) is 5.32 Å². The molecular formula is C19H19N3O2. The minimum absolute atomic E-state index is 0.0157. The van der Waals surface area contributed by atoms with Crippen molar-refractivity contribution in [1.82, 2.24) is 10.2 Å². The van der Waals surface area contributed by atoms with Crippen LogP contribution in [0.5, 0.6) is 0 Å². The summed E-state index contributed by atoms with van der Waals surface area (Å²) in [6.07, 6.45) is 1.40. The van der Waals surface area contributed by atoms with Crippen LogP contribution < -0.4 is 5.32 Å². The maximum Gasteiger partial charge on any atom is 0.313 e. The van der Waals surface area contributed by atoms with Gasteiger partial charge in [0.25, 0.3) is 0 Å².